The Kier molecular flexibility index (Phi) is 4.73. The highest BCUT2D eigenvalue weighted by atomic mass is 16.4. The van der Waals surface area contributed by atoms with Crippen LogP contribution in [-0.2, 0) is 4.79 Å². The van der Waals surface area contributed by atoms with Gasteiger partial charge in [0.15, 0.2) is 0 Å². The number of anilines is 1. The van der Waals surface area contributed by atoms with E-state index in [0.29, 0.717) is 6.54 Å². The summed E-state index contributed by atoms with van der Waals surface area (Å²) in [7, 11) is 1.65. The molecule has 1 rings (SSSR count). The molecule has 18 heavy (non-hydrogen) atoms. The van der Waals surface area contributed by atoms with E-state index in [0.717, 1.165) is 5.69 Å². The average molecular weight is 250 g/mol. The molecule has 0 bridgehead atoms. The van der Waals surface area contributed by atoms with Gasteiger partial charge in [-0.2, -0.15) is 0 Å². The van der Waals surface area contributed by atoms with E-state index in [1.54, 1.807) is 7.05 Å². The number of nitrogens with one attached hydrogen (secondary N) is 2. The van der Waals surface area contributed by atoms with Crippen molar-refractivity contribution in [3.63, 3.8) is 0 Å². The molecule has 0 saturated heterocycles. The molecular formula is C14H22N2O2. The number of carboxylic acids is 1. The van der Waals surface area contributed by atoms with Crippen LogP contribution in [0.1, 0.15) is 22.3 Å². The summed E-state index contributed by atoms with van der Waals surface area (Å²) >= 11 is 0. The molecular weight excluding hydrogens is 228 g/mol. The highest BCUT2D eigenvalue weighted by molar-refractivity contribution is 5.74. The SMILES string of the molecule is CNC(CNc1c(C)c(C)cc(C)c1C)C(=O)O. The van der Waals surface area contributed by atoms with Crippen molar-refractivity contribution in [1.82, 2.24) is 5.32 Å². The molecule has 0 aliphatic carbocycles. The normalized spacial score (nSPS) is 12.3. The Bertz CT molecular complexity index is 429. The predicted octanol–water partition coefficient (Wildman–Crippen LogP) is 2.00. The van der Waals surface area contributed by atoms with Crippen LogP contribution in [0.4, 0.5) is 5.69 Å². The molecule has 1 aromatic rings. The molecule has 1 unspecified atom stereocenters. The third-order valence-electron chi connectivity index (χ3n) is 3.50. The van der Waals surface area contributed by atoms with Crippen molar-refractivity contribution >= 4 is 11.7 Å². The maximum absolute atomic E-state index is 11.0. The first-order valence-corrected chi connectivity index (χ1v) is 6.09. The van der Waals surface area contributed by atoms with Gasteiger partial charge in [0.05, 0.1) is 0 Å². The number of aliphatic carboxylic acids is 1. The van der Waals surface area contributed by atoms with Gasteiger partial charge < -0.3 is 15.7 Å². The first-order valence-electron chi connectivity index (χ1n) is 6.09. The molecule has 0 saturated carbocycles. The Balaban J connectivity index is 2.94. The number of rotatable bonds is 5. The fourth-order valence-corrected chi connectivity index (χ4v) is 2.00. The minimum absolute atomic E-state index is 0.371. The molecule has 1 atom stereocenters. The van der Waals surface area contributed by atoms with E-state index in [9.17, 15) is 4.79 Å². The van der Waals surface area contributed by atoms with Gasteiger partial charge in [0, 0.05) is 12.2 Å². The van der Waals surface area contributed by atoms with Crippen LogP contribution in [0.25, 0.3) is 0 Å². The summed E-state index contributed by atoms with van der Waals surface area (Å²) < 4.78 is 0. The molecule has 0 heterocycles. The molecule has 0 amide bonds. The van der Waals surface area contributed by atoms with Crippen LogP contribution in [0.5, 0.6) is 0 Å². The molecule has 0 spiro atoms. The number of hydrogen-bond acceptors (Lipinski definition) is 3. The van der Waals surface area contributed by atoms with Crippen molar-refractivity contribution in [2.75, 3.05) is 18.9 Å². The van der Waals surface area contributed by atoms with Gasteiger partial charge in [-0.05, 0) is 57.0 Å². The van der Waals surface area contributed by atoms with Crippen LogP contribution in [0.15, 0.2) is 6.07 Å². The summed E-state index contributed by atoms with van der Waals surface area (Å²) in [6.07, 6.45) is 0. The van der Waals surface area contributed by atoms with E-state index in [-0.39, 0.29) is 0 Å². The third-order valence-corrected chi connectivity index (χ3v) is 3.50. The lowest BCUT2D eigenvalue weighted by molar-refractivity contribution is -0.138. The van der Waals surface area contributed by atoms with Gasteiger partial charge in [0.1, 0.15) is 6.04 Å². The van der Waals surface area contributed by atoms with E-state index < -0.39 is 12.0 Å². The Morgan fingerprint density at radius 1 is 1.22 bits per heavy atom. The van der Waals surface area contributed by atoms with Gasteiger partial charge in [-0.3, -0.25) is 4.79 Å². The number of likely N-dealkylation sites (N-methyl/N-ethyl adjacent to an activating group) is 1. The van der Waals surface area contributed by atoms with Crippen molar-refractivity contribution in [3.05, 3.63) is 28.3 Å². The van der Waals surface area contributed by atoms with Crippen LogP contribution in [0.2, 0.25) is 0 Å². The fraction of sp³-hybridized carbons (Fsp3) is 0.500. The van der Waals surface area contributed by atoms with Gasteiger partial charge >= 0.3 is 5.97 Å². The van der Waals surface area contributed by atoms with E-state index in [4.69, 9.17) is 5.11 Å². The standard InChI is InChI=1S/C14H22N2O2/c1-8-6-9(2)11(4)13(10(8)3)16-7-12(15-5)14(17)18/h6,12,15-16H,7H2,1-5H3,(H,17,18). The van der Waals surface area contributed by atoms with Gasteiger partial charge in [0.25, 0.3) is 0 Å². The number of hydrogen-bond donors (Lipinski definition) is 3. The van der Waals surface area contributed by atoms with E-state index in [2.05, 4.69) is 44.4 Å². The Labute approximate surface area is 108 Å². The zero-order valence-electron chi connectivity index (χ0n) is 11.7. The summed E-state index contributed by atoms with van der Waals surface area (Å²) in [6, 6.07) is 1.58. The lowest BCUT2D eigenvalue weighted by atomic mass is 9.98. The van der Waals surface area contributed by atoms with Gasteiger partial charge in [-0.15, -0.1) is 0 Å². The molecule has 0 aliphatic heterocycles. The number of benzene rings is 1. The number of carbonyl (C=O) groups is 1. The van der Waals surface area contributed by atoms with Crippen molar-refractivity contribution < 1.29 is 9.90 Å². The second-order valence-corrected chi connectivity index (χ2v) is 4.70. The summed E-state index contributed by atoms with van der Waals surface area (Å²) in [5.74, 6) is -0.843. The zero-order valence-corrected chi connectivity index (χ0v) is 11.7. The predicted molar refractivity (Wildman–Crippen MR) is 74.4 cm³/mol. The van der Waals surface area contributed by atoms with Crippen LogP contribution in [0.3, 0.4) is 0 Å². The first kappa shape index (κ1) is 14.5. The Morgan fingerprint density at radius 2 is 1.72 bits per heavy atom. The summed E-state index contributed by atoms with van der Waals surface area (Å²) in [5, 5.41) is 15.0. The Hall–Kier alpha value is -1.55. The molecule has 0 aliphatic rings. The van der Waals surface area contributed by atoms with Crippen LogP contribution >= 0.6 is 0 Å². The lowest BCUT2D eigenvalue weighted by Crippen LogP contribution is -2.40. The lowest BCUT2D eigenvalue weighted by Gasteiger charge is -2.19. The monoisotopic (exact) mass is 250 g/mol. The zero-order chi connectivity index (χ0) is 13.9. The maximum Gasteiger partial charge on any atom is 0.322 e. The second kappa shape index (κ2) is 5.87. The third kappa shape index (κ3) is 3.01. The van der Waals surface area contributed by atoms with E-state index in [1.807, 2.05) is 0 Å². The molecule has 4 heteroatoms. The Morgan fingerprint density at radius 3 is 2.11 bits per heavy atom. The molecule has 4 nitrogen and oxygen atoms in total. The molecule has 0 fully saturated rings. The quantitative estimate of drug-likeness (QED) is 0.748. The van der Waals surface area contributed by atoms with Gasteiger partial charge in [-0.25, -0.2) is 0 Å². The van der Waals surface area contributed by atoms with Crippen molar-refractivity contribution in [1.29, 1.82) is 0 Å². The smallest absolute Gasteiger partial charge is 0.322 e. The second-order valence-electron chi connectivity index (χ2n) is 4.70. The summed E-state index contributed by atoms with van der Waals surface area (Å²) in [4.78, 5) is 11.0. The van der Waals surface area contributed by atoms with Crippen LogP contribution in [-0.4, -0.2) is 30.7 Å². The summed E-state index contributed by atoms with van der Waals surface area (Å²) in [6.45, 7) is 8.62. The number of carboxylic acid groups (broad SMARTS) is 1. The summed E-state index contributed by atoms with van der Waals surface area (Å²) in [5.41, 5.74) is 5.85. The molecule has 3 N–H and O–H groups in total. The van der Waals surface area contributed by atoms with Crippen LogP contribution in [0, 0.1) is 27.7 Å². The molecule has 100 valence electrons. The van der Waals surface area contributed by atoms with Crippen molar-refractivity contribution in [2.24, 2.45) is 0 Å². The molecule has 0 aromatic heterocycles. The van der Waals surface area contributed by atoms with Crippen molar-refractivity contribution in [3.8, 4) is 0 Å². The minimum atomic E-state index is -0.843. The number of aryl methyl sites for hydroxylation is 2. The fourth-order valence-electron chi connectivity index (χ4n) is 2.00. The average Bonchev–Trinajstić information content (AvgIpc) is 2.31. The molecule has 1 aromatic carbocycles. The van der Waals surface area contributed by atoms with Crippen LogP contribution < -0.4 is 10.6 Å². The van der Waals surface area contributed by atoms with Gasteiger partial charge in [-0.1, -0.05) is 6.07 Å². The van der Waals surface area contributed by atoms with E-state index in [1.165, 1.54) is 22.3 Å². The highest BCUT2D eigenvalue weighted by Crippen LogP contribution is 2.26. The first-order chi connectivity index (χ1) is 8.38. The largest absolute Gasteiger partial charge is 0.480 e. The highest BCUT2D eigenvalue weighted by Gasteiger charge is 2.16. The van der Waals surface area contributed by atoms with Gasteiger partial charge in [0.2, 0.25) is 0 Å². The topological polar surface area (TPSA) is 61.4 Å². The van der Waals surface area contributed by atoms with Crippen molar-refractivity contribution in [2.45, 2.75) is 33.7 Å². The maximum atomic E-state index is 11.0. The molecule has 0 radical (unpaired) electrons. The van der Waals surface area contributed by atoms with E-state index >= 15 is 0 Å². The minimum Gasteiger partial charge on any atom is -0.480 e.